The number of rotatable bonds is 5. The van der Waals surface area contributed by atoms with Crippen molar-refractivity contribution in [2.24, 2.45) is 0 Å². The quantitative estimate of drug-likeness (QED) is 0.736. The van der Waals surface area contributed by atoms with Crippen LogP contribution in [0.25, 0.3) is 0 Å². The first-order chi connectivity index (χ1) is 8.07. The molecule has 0 bridgehead atoms. The summed E-state index contributed by atoms with van der Waals surface area (Å²) in [6.45, 7) is 5.76. The van der Waals surface area contributed by atoms with Gasteiger partial charge in [0.2, 0.25) is 10.0 Å². The van der Waals surface area contributed by atoms with Crippen LogP contribution < -0.4 is 0 Å². The Morgan fingerprint density at radius 3 is 2.88 bits per heavy atom. The highest BCUT2D eigenvalue weighted by Crippen LogP contribution is 2.17. The summed E-state index contributed by atoms with van der Waals surface area (Å²) in [5, 5.41) is 8.85. The standard InChI is InChI=1S/C11H13N3O2S/c1-3-8-14(4-2)17(15,16)11-6-5-7-13-10(11)9-12/h3,5-7H,1,4,8H2,2H3. The monoisotopic (exact) mass is 251 g/mol. The number of hydrogen-bond donors (Lipinski definition) is 0. The van der Waals surface area contributed by atoms with Crippen molar-refractivity contribution < 1.29 is 8.42 Å². The van der Waals surface area contributed by atoms with Gasteiger partial charge in [-0.15, -0.1) is 6.58 Å². The highest BCUT2D eigenvalue weighted by atomic mass is 32.2. The van der Waals surface area contributed by atoms with E-state index in [1.807, 2.05) is 0 Å². The zero-order chi connectivity index (χ0) is 12.9. The van der Waals surface area contributed by atoms with Gasteiger partial charge < -0.3 is 0 Å². The van der Waals surface area contributed by atoms with Gasteiger partial charge in [0.05, 0.1) is 0 Å². The highest BCUT2D eigenvalue weighted by Gasteiger charge is 2.25. The van der Waals surface area contributed by atoms with E-state index in [0.29, 0.717) is 6.54 Å². The van der Waals surface area contributed by atoms with Gasteiger partial charge in [-0.3, -0.25) is 0 Å². The van der Waals surface area contributed by atoms with Gasteiger partial charge >= 0.3 is 0 Å². The number of likely N-dealkylation sites (N-methyl/N-ethyl adjacent to an activating group) is 1. The Morgan fingerprint density at radius 1 is 1.65 bits per heavy atom. The lowest BCUT2D eigenvalue weighted by molar-refractivity contribution is 0.459. The first-order valence-electron chi connectivity index (χ1n) is 5.04. The molecule has 1 aromatic heterocycles. The first-order valence-corrected chi connectivity index (χ1v) is 6.48. The molecule has 0 spiro atoms. The molecule has 0 amide bonds. The SMILES string of the molecule is C=CCN(CC)S(=O)(=O)c1cccnc1C#N. The number of sulfonamides is 1. The molecule has 5 nitrogen and oxygen atoms in total. The summed E-state index contributed by atoms with van der Waals surface area (Å²) < 4.78 is 25.7. The molecule has 0 fully saturated rings. The molecule has 0 atom stereocenters. The minimum absolute atomic E-state index is 0.0637. The second kappa shape index (κ2) is 5.57. The van der Waals surface area contributed by atoms with Crippen LogP contribution in [0.5, 0.6) is 0 Å². The van der Waals surface area contributed by atoms with E-state index in [4.69, 9.17) is 5.26 Å². The lowest BCUT2D eigenvalue weighted by Crippen LogP contribution is -2.31. The van der Waals surface area contributed by atoms with E-state index < -0.39 is 10.0 Å². The van der Waals surface area contributed by atoms with Gasteiger partial charge in [0, 0.05) is 19.3 Å². The van der Waals surface area contributed by atoms with Gasteiger partial charge in [0.25, 0.3) is 0 Å². The predicted molar refractivity (Wildman–Crippen MR) is 63.6 cm³/mol. The smallest absolute Gasteiger partial charge is 0.244 e. The molecule has 17 heavy (non-hydrogen) atoms. The van der Waals surface area contributed by atoms with Gasteiger partial charge in [-0.2, -0.15) is 9.57 Å². The molecule has 0 aromatic carbocycles. The van der Waals surface area contributed by atoms with Crippen molar-refractivity contribution in [2.75, 3.05) is 13.1 Å². The Hall–Kier alpha value is -1.71. The number of aromatic nitrogens is 1. The van der Waals surface area contributed by atoms with Crippen LogP contribution in [-0.4, -0.2) is 30.8 Å². The normalized spacial score (nSPS) is 11.1. The topological polar surface area (TPSA) is 74.1 Å². The Labute approximate surface area is 101 Å². The van der Waals surface area contributed by atoms with Crippen LogP contribution >= 0.6 is 0 Å². The van der Waals surface area contributed by atoms with Crippen LogP contribution in [0.15, 0.2) is 35.9 Å². The van der Waals surface area contributed by atoms with Crippen molar-refractivity contribution in [3.05, 3.63) is 36.7 Å². The Kier molecular flexibility index (Phi) is 4.37. The fraction of sp³-hybridized carbons (Fsp3) is 0.273. The van der Waals surface area contributed by atoms with E-state index in [2.05, 4.69) is 11.6 Å². The van der Waals surface area contributed by atoms with Crippen molar-refractivity contribution in [3.63, 3.8) is 0 Å². The molecule has 0 N–H and O–H groups in total. The Balaban J connectivity index is 3.30. The third-order valence-electron chi connectivity index (χ3n) is 2.18. The van der Waals surface area contributed by atoms with Crippen LogP contribution in [0.4, 0.5) is 0 Å². The van der Waals surface area contributed by atoms with Gasteiger partial charge in [-0.1, -0.05) is 13.0 Å². The molecule has 0 unspecified atom stereocenters. The van der Waals surface area contributed by atoms with E-state index in [0.717, 1.165) is 0 Å². The Bertz CT molecular complexity index is 546. The summed E-state index contributed by atoms with van der Waals surface area (Å²) in [5.41, 5.74) is -0.0880. The maximum absolute atomic E-state index is 12.2. The predicted octanol–water partition coefficient (Wildman–Crippen LogP) is 1.15. The molecule has 0 radical (unpaired) electrons. The summed E-state index contributed by atoms with van der Waals surface area (Å²) in [6.07, 6.45) is 2.89. The number of pyridine rings is 1. The van der Waals surface area contributed by atoms with Crippen molar-refractivity contribution in [1.82, 2.24) is 9.29 Å². The highest BCUT2D eigenvalue weighted by molar-refractivity contribution is 7.89. The molecule has 0 aliphatic heterocycles. The zero-order valence-corrected chi connectivity index (χ0v) is 10.3. The van der Waals surface area contributed by atoms with Crippen molar-refractivity contribution in [3.8, 4) is 6.07 Å². The van der Waals surface area contributed by atoms with Crippen LogP contribution in [0, 0.1) is 11.3 Å². The van der Waals surface area contributed by atoms with E-state index >= 15 is 0 Å². The fourth-order valence-corrected chi connectivity index (χ4v) is 2.88. The molecule has 1 rings (SSSR count). The van der Waals surface area contributed by atoms with E-state index in [1.165, 1.54) is 28.7 Å². The molecule has 0 aliphatic carbocycles. The van der Waals surface area contributed by atoms with E-state index in [1.54, 1.807) is 13.0 Å². The van der Waals surface area contributed by atoms with Gasteiger partial charge in [-0.25, -0.2) is 13.4 Å². The van der Waals surface area contributed by atoms with Gasteiger partial charge in [0.1, 0.15) is 11.0 Å². The minimum atomic E-state index is -3.68. The lowest BCUT2D eigenvalue weighted by Gasteiger charge is -2.18. The molecule has 1 heterocycles. The van der Waals surface area contributed by atoms with Crippen LogP contribution in [0.1, 0.15) is 12.6 Å². The summed E-state index contributed by atoms with van der Waals surface area (Å²) in [7, 11) is -3.68. The summed E-state index contributed by atoms with van der Waals surface area (Å²) in [5.74, 6) is 0. The first kappa shape index (κ1) is 13.4. The van der Waals surface area contributed by atoms with Crippen LogP contribution in [-0.2, 0) is 10.0 Å². The molecule has 0 aliphatic rings. The third kappa shape index (κ3) is 2.70. The van der Waals surface area contributed by atoms with E-state index in [9.17, 15) is 8.42 Å². The summed E-state index contributed by atoms with van der Waals surface area (Å²) in [4.78, 5) is 3.68. The minimum Gasteiger partial charge on any atom is -0.244 e. The second-order valence-electron chi connectivity index (χ2n) is 3.21. The maximum atomic E-state index is 12.2. The average Bonchev–Trinajstić information content (AvgIpc) is 2.35. The molecular formula is C11H13N3O2S. The average molecular weight is 251 g/mol. The molecule has 90 valence electrons. The molecule has 0 saturated carbocycles. The molecular weight excluding hydrogens is 238 g/mol. The zero-order valence-electron chi connectivity index (χ0n) is 9.50. The number of hydrogen-bond acceptors (Lipinski definition) is 4. The summed E-state index contributed by atoms with van der Waals surface area (Å²) in [6, 6.07) is 4.66. The number of nitriles is 1. The number of nitrogens with zero attached hydrogens (tertiary/aromatic N) is 3. The summed E-state index contributed by atoms with van der Waals surface area (Å²) >= 11 is 0. The van der Waals surface area contributed by atoms with Gasteiger partial charge in [0.15, 0.2) is 5.69 Å². The Morgan fingerprint density at radius 2 is 2.35 bits per heavy atom. The third-order valence-corrected chi connectivity index (χ3v) is 4.15. The molecule has 0 saturated heterocycles. The van der Waals surface area contributed by atoms with Crippen molar-refractivity contribution >= 4 is 10.0 Å². The van der Waals surface area contributed by atoms with E-state index in [-0.39, 0.29) is 17.1 Å². The molecule has 6 heteroatoms. The second-order valence-corrected chi connectivity index (χ2v) is 5.11. The molecule has 1 aromatic rings. The lowest BCUT2D eigenvalue weighted by atomic mass is 10.4. The van der Waals surface area contributed by atoms with Crippen LogP contribution in [0.3, 0.4) is 0 Å². The van der Waals surface area contributed by atoms with Crippen LogP contribution in [0.2, 0.25) is 0 Å². The maximum Gasteiger partial charge on any atom is 0.246 e. The van der Waals surface area contributed by atoms with Gasteiger partial charge in [-0.05, 0) is 12.1 Å². The largest absolute Gasteiger partial charge is 0.246 e. The van der Waals surface area contributed by atoms with Crippen molar-refractivity contribution in [2.45, 2.75) is 11.8 Å². The fourth-order valence-electron chi connectivity index (χ4n) is 1.36. The van der Waals surface area contributed by atoms with Crippen molar-refractivity contribution in [1.29, 1.82) is 5.26 Å².